The van der Waals surface area contributed by atoms with E-state index in [9.17, 15) is 4.79 Å². The molecule has 0 unspecified atom stereocenters. The second-order valence-electron chi connectivity index (χ2n) is 6.26. The van der Waals surface area contributed by atoms with Crippen LogP contribution in [0.15, 0.2) is 42.5 Å². The van der Waals surface area contributed by atoms with Crippen molar-refractivity contribution in [3.8, 4) is 0 Å². The van der Waals surface area contributed by atoms with Crippen LogP contribution in [0.5, 0.6) is 0 Å². The van der Waals surface area contributed by atoms with Crippen molar-refractivity contribution in [1.29, 1.82) is 0 Å². The summed E-state index contributed by atoms with van der Waals surface area (Å²) in [7, 11) is 0. The first-order valence-corrected chi connectivity index (χ1v) is 8.88. The number of hydrogen-bond acceptors (Lipinski definition) is 4. The van der Waals surface area contributed by atoms with Crippen LogP contribution in [0.3, 0.4) is 0 Å². The zero-order chi connectivity index (χ0) is 17.6. The number of rotatable bonds is 2. The van der Waals surface area contributed by atoms with Crippen LogP contribution in [0.2, 0.25) is 0 Å². The topological polar surface area (TPSA) is 54.9 Å². The predicted octanol–water partition coefficient (Wildman–Crippen LogP) is 5.02. The molecule has 2 aromatic carbocycles. The molecular formula is C20H17N3OS. The normalized spacial score (nSPS) is 11.2. The van der Waals surface area contributed by atoms with Gasteiger partial charge >= 0.3 is 0 Å². The van der Waals surface area contributed by atoms with Gasteiger partial charge < -0.3 is 0 Å². The second kappa shape index (κ2) is 5.93. The van der Waals surface area contributed by atoms with Gasteiger partial charge in [-0.25, -0.2) is 4.98 Å². The van der Waals surface area contributed by atoms with Crippen molar-refractivity contribution in [3.63, 3.8) is 0 Å². The lowest BCUT2D eigenvalue weighted by atomic mass is 10.1. The maximum Gasteiger partial charge on any atom is 0.257 e. The molecule has 0 aliphatic carbocycles. The van der Waals surface area contributed by atoms with Crippen molar-refractivity contribution in [2.24, 2.45) is 0 Å². The van der Waals surface area contributed by atoms with E-state index in [-0.39, 0.29) is 5.91 Å². The van der Waals surface area contributed by atoms with E-state index in [0.29, 0.717) is 10.7 Å². The van der Waals surface area contributed by atoms with Gasteiger partial charge in [-0.15, -0.1) is 0 Å². The van der Waals surface area contributed by atoms with Gasteiger partial charge in [-0.05, 0) is 56.2 Å². The van der Waals surface area contributed by atoms with Crippen molar-refractivity contribution in [2.75, 3.05) is 5.32 Å². The minimum Gasteiger partial charge on any atom is -0.298 e. The number of aryl methyl sites for hydroxylation is 3. The van der Waals surface area contributed by atoms with Crippen LogP contribution < -0.4 is 5.32 Å². The van der Waals surface area contributed by atoms with Crippen molar-refractivity contribution in [2.45, 2.75) is 20.8 Å². The summed E-state index contributed by atoms with van der Waals surface area (Å²) < 4.78 is 1.09. The van der Waals surface area contributed by atoms with Crippen LogP contribution in [0.4, 0.5) is 5.13 Å². The molecule has 25 heavy (non-hydrogen) atoms. The maximum atomic E-state index is 12.6. The van der Waals surface area contributed by atoms with Crippen molar-refractivity contribution >= 4 is 43.5 Å². The van der Waals surface area contributed by atoms with E-state index in [1.54, 1.807) is 0 Å². The summed E-state index contributed by atoms with van der Waals surface area (Å²) in [6.45, 7) is 6.05. The molecule has 5 heteroatoms. The molecule has 0 radical (unpaired) electrons. The van der Waals surface area contributed by atoms with Gasteiger partial charge in [0.25, 0.3) is 5.91 Å². The molecule has 0 spiro atoms. The van der Waals surface area contributed by atoms with Crippen LogP contribution in [-0.2, 0) is 0 Å². The van der Waals surface area contributed by atoms with Crippen LogP contribution >= 0.6 is 11.3 Å². The fourth-order valence-corrected chi connectivity index (χ4v) is 3.99. The number of thiazole rings is 1. The smallest absolute Gasteiger partial charge is 0.257 e. The molecular weight excluding hydrogens is 330 g/mol. The fraction of sp³-hybridized carbons (Fsp3) is 0.150. The molecule has 124 valence electrons. The number of benzene rings is 2. The summed E-state index contributed by atoms with van der Waals surface area (Å²) in [6, 6.07) is 13.7. The summed E-state index contributed by atoms with van der Waals surface area (Å²) in [4.78, 5) is 21.7. The molecule has 4 aromatic rings. The lowest BCUT2D eigenvalue weighted by molar-refractivity contribution is 0.102. The molecule has 0 fully saturated rings. The lowest BCUT2D eigenvalue weighted by Crippen LogP contribution is -2.11. The van der Waals surface area contributed by atoms with Gasteiger partial charge in [0.1, 0.15) is 0 Å². The minimum absolute atomic E-state index is 0.168. The maximum absolute atomic E-state index is 12.6. The molecule has 1 amide bonds. The summed E-state index contributed by atoms with van der Waals surface area (Å²) >= 11 is 1.50. The zero-order valence-electron chi connectivity index (χ0n) is 14.3. The Morgan fingerprint density at radius 2 is 1.80 bits per heavy atom. The number of amides is 1. The molecule has 0 atom stereocenters. The molecule has 2 aromatic heterocycles. The monoisotopic (exact) mass is 347 g/mol. The molecule has 4 rings (SSSR count). The van der Waals surface area contributed by atoms with Gasteiger partial charge in [-0.2, -0.15) is 0 Å². The minimum atomic E-state index is -0.168. The molecule has 0 saturated heterocycles. The van der Waals surface area contributed by atoms with Gasteiger partial charge in [-0.1, -0.05) is 29.5 Å². The Hall–Kier alpha value is -2.79. The first-order valence-electron chi connectivity index (χ1n) is 8.06. The molecule has 0 aliphatic rings. The van der Waals surface area contributed by atoms with Gasteiger partial charge in [-0.3, -0.25) is 15.1 Å². The largest absolute Gasteiger partial charge is 0.298 e. The lowest BCUT2D eigenvalue weighted by Gasteiger charge is -2.04. The highest BCUT2D eigenvalue weighted by Gasteiger charge is 2.12. The number of nitrogens with zero attached hydrogens (tertiary/aromatic N) is 2. The van der Waals surface area contributed by atoms with Crippen LogP contribution in [-0.4, -0.2) is 15.9 Å². The Morgan fingerprint density at radius 3 is 2.64 bits per heavy atom. The number of hydrogen-bond donors (Lipinski definition) is 1. The Balaban J connectivity index is 1.66. The number of fused-ring (bicyclic) bond motifs is 2. The fourth-order valence-electron chi connectivity index (χ4n) is 2.95. The number of aromatic nitrogens is 2. The van der Waals surface area contributed by atoms with E-state index in [1.165, 1.54) is 16.9 Å². The van der Waals surface area contributed by atoms with Gasteiger partial charge in [0.2, 0.25) is 0 Å². The number of pyridine rings is 1. The Bertz CT molecular complexity index is 1130. The predicted molar refractivity (Wildman–Crippen MR) is 104 cm³/mol. The SMILES string of the molecule is Cc1cc(C)c2nc(NC(=O)c3ccc4ccc(C)nc4c3)sc2c1. The molecule has 1 N–H and O–H groups in total. The van der Waals surface area contributed by atoms with Crippen molar-refractivity contribution in [1.82, 2.24) is 9.97 Å². The summed E-state index contributed by atoms with van der Waals surface area (Å²) in [5, 5.41) is 4.55. The van der Waals surface area contributed by atoms with Crippen LogP contribution in [0, 0.1) is 20.8 Å². The summed E-state index contributed by atoms with van der Waals surface area (Å²) in [5.74, 6) is -0.168. The Morgan fingerprint density at radius 1 is 1.00 bits per heavy atom. The third-order valence-corrected chi connectivity index (χ3v) is 5.06. The summed E-state index contributed by atoms with van der Waals surface area (Å²) in [5.41, 5.74) is 5.60. The first kappa shape index (κ1) is 15.7. The third-order valence-electron chi connectivity index (χ3n) is 4.14. The van der Waals surface area contributed by atoms with E-state index >= 15 is 0 Å². The zero-order valence-corrected chi connectivity index (χ0v) is 15.1. The standard InChI is InChI=1S/C20H17N3OS/c1-11-8-12(2)18-17(9-11)25-20(22-18)23-19(24)15-7-6-14-5-4-13(3)21-16(14)10-15/h4-10H,1-3H3,(H,22,23,24). The van der Waals surface area contributed by atoms with Crippen LogP contribution in [0.1, 0.15) is 27.2 Å². The molecule has 0 aliphatic heterocycles. The van der Waals surface area contributed by atoms with Crippen molar-refractivity contribution < 1.29 is 4.79 Å². The highest BCUT2D eigenvalue weighted by molar-refractivity contribution is 7.22. The van der Waals surface area contributed by atoms with Gasteiger partial charge in [0.15, 0.2) is 5.13 Å². The molecule has 2 heterocycles. The van der Waals surface area contributed by atoms with Crippen molar-refractivity contribution in [3.05, 3.63) is 64.8 Å². The van der Waals surface area contributed by atoms with E-state index in [4.69, 9.17) is 0 Å². The van der Waals surface area contributed by atoms with E-state index in [0.717, 1.165) is 32.4 Å². The average molecular weight is 347 g/mol. The van der Waals surface area contributed by atoms with E-state index in [2.05, 4.69) is 34.3 Å². The number of nitrogens with one attached hydrogen (secondary N) is 1. The van der Waals surface area contributed by atoms with E-state index in [1.807, 2.05) is 44.2 Å². The quantitative estimate of drug-likeness (QED) is 0.554. The molecule has 4 nitrogen and oxygen atoms in total. The Labute approximate surface area is 149 Å². The second-order valence-corrected chi connectivity index (χ2v) is 7.29. The highest BCUT2D eigenvalue weighted by Crippen LogP contribution is 2.29. The first-order chi connectivity index (χ1) is 12.0. The number of carbonyl (C=O) groups is 1. The van der Waals surface area contributed by atoms with E-state index < -0.39 is 0 Å². The third kappa shape index (κ3) is 2.98. The number of carbonyl (C=O) groups excluding carboxylic acids is 1. The average Bonchev–Trinajstić information content (AvgIpc) is 2.96. The summed E-state index contributed by atoms with van der Waals surface area (Å²) in [6.07, 6.45) is 0. The Kier molecular flexibility index (Phi) is 3.73. The van der Waals surface area contributed by atoms with Gasteiger partial charge in [0, 0.05) is 16.6 Å². The highest BCUT2D eigenvalue weighted by atomic mass is 32.1. The molecule has 0 bridgehead atoms. The number of anilines is 1. The van der Waals surface area contributed by atoms with Gasteiger partial charge in [0.05, 0.1) is 15.7 Å². The molecule has 0 saturated carbocycles. The van der Waals surface area contributed by atoms with Crippen LogP contribution in [0.25, 0.3) is 21.1 Å².